The number of thiazole rings is 1. The Morgan fingerprint density at radius 2 is 2.38 bits per heavy atom. The smallest absolute Gasteiger partial charge is 0.140 e. The highest BCUT2D eigenvalue weighted by Crippen LogP contribution is 2.51. The molecule has 0 radical (unpaired) electrons. The fourth-order valence-corrected chi connectivity index (χ4v) is 3.45. The van der Waals surface area contributed by atoms with Crippen molar-refractivity contribution >= 4 is 11.3 Å². The van der Waals surface area contributed by atoms with Crippen LogP contribution >= 0.6 is 11.3 Å². The molecule has 4 heteroatoms. The summed E-state index contributed by atoms with van der Waals surface area (Å²) in [7, 11) is 0. The fraction of sp³-hybridized carbons (Fsp3) is 0.417. The summed E-state index contributed by atoms with van der Waals surface area (Å²) in [5.41, 5.74) is 8.38. The van der Waals surface area contributed by atoms with Crippen molar-refractivity contribution in [1.29, 1.82) is 0 Å². The van der Waals surface area contributed by atoms with Crippen LogP contribution in [0.25, 0.3) is 10.7 Å². The highest BCUT2D eigenvalue weighted by Gasteiger charge is 2.45. The molecule has 0 atom stereocenters. The summed E-state index contributed by atoms with van der Waals surface area (Å²) >= 11 is 1.79. The molecule has 0 saturated heterocycles. The van der Waals surface area contributed by atoms with E-state index < -0.39 is 0 Å². The number of hydrogen-bond acceptors (Lipinski definition) is 3. The molecule has 3 rings (SSSR count). The Hall–Kier alpha value is -1.13. The van der Waals surface area contributed by atoms with Crippen molar-refractivity contribution in [3.8, 4) is 10.7 Å². The van der Waals surface area contributed by atoms with Crippen LogP contribution in [0.5, 0.6) is 0 Å². The monoisotopic (exact) mass is 233 g/mol. The molecule has 3 nitrogen and oxygen atoms in total. The average molecular weight is 233 g/mol. The molecular formula is C12H15N3S. The van der Waals surface area contributed by atoms with Gasteiger partial charge in [0.25, 0.3) is 0 Å². The van der Waals surface area contributed by atoms with Crippen molar-refractivity contribution in [2.24, 2.45) is 5.73 Å². The summed E-state index contributed by atoms with van der Waals surface area (Å²) in [4.78, 5) is 9.23. The molecule has 3 N–H and O–H groups in total. The van der Waals surface area contributed by atoms with E-state index in [0.717, 1.165) is 22.9 Å². The number of hydrogen-bond donors (Lipinski definition) is 2. The van der Waals surface area contributed by atoms with Gasteiger partial charge >= 0.3 is 0 Å². The van der Waals surface area contributed by atoms with Crippen molar-refractivity contribution in [1.82, 2.24) is 9.97 Å². The first-order valence-corrected chi connectivity index (χ1v) is 6.38. The topological polar surface area (TPSA) is 54.7 Å². The van der Waals surface area contributed by atoms with Crippen LogP contribution in [0.2, 0.25) is 0 Å². The quantitative estimate of drug-likeness (QED) is 0.855. The molecule has 0 aromatic carbocycles. The Labute approximate surface area is 98.7 Å². The van der Waals surface area contributed by atoms with E-state index in [1.165, 1.54) is 17.7 Å². The largest absolute Gasteiger partial charge is 0.359 e. The van der Waals surface area contributed by atoms with E-state index >= 15 is 0 Å². The Kier molecular flexibility index (Phi) is 2.16. The summed E-state index contributed by atoms with van der Waals surface area (Å²) < 4.78 is 0. The number of nitrogens with two attached hydrogens (primary N) is 1. The van der Waals surface area contributed by atoms with Gasteiger partial charge in [-0.15, -0.1) is 11.3 Å². The molecule has 2 aromatic rings. The summed E-state index contributed by atoms with van der Waals surface area (Å²) in [5, 5.41) is 1.08. The van der Waals surface area contributed by atoms with Crippen molar-refractivity contribution in [3.63, 3.8) is 0 Å². The van der Waals surface area contributed by atoms with Gasteiger partial charge in [0.15, 0.2) is 0 Å². The van der Waals surface area contributed by atoms with E-state index in [2.05, 4.69) is 23.0 Å². The number of aromatic nitrogens is 2. The van der Waals surface area contributed by atoms with Crippen LogP contribution in [-0.4, -0.2) is 16.5 Å². The van der Waals surface area contributed by atoms with Crippen molar-refractivity contribution < 1.29 is 0 Å². The first-order chi connectivity index (χ1) is 7.75. The summed E-state index contributed by atoms with van der Waals surface area (Å²) in [5.74, 6) is 0. The third kappa shape index (κ3) is 1.41. The predicted molar refractivity (Wildman–Crippen MR) is 66.6 cm³/mol. The van der Waals surface area contributed by atoms with Gasteiger partial charge in [0.05, 0.1) is 11.4 Å². The van der Waals surface area contributed by atoms with Crippen LogP contribution in [0.1, 0.15) is 23.4 Å². The number of H-pyrrole nitrogens is 1. The van der Waals surface area contributed by atoms with E-state index in [-0.39, 0.29) is 5.41 Å². The predicted octanol–water partition coefficient (Wildman–Crippen LogP) is 2.44. The Balaban J connectivity index is 2.03. The molecule has 1 fully saturated rings. The number of aryl methyl sites for hydroxylation is 1. The summed E-state index contributed by atoms with van der Waals surface area (Å²) in [6.45, 7) is 2.84. The maximum Gasteiger partial charge on any atom is 0.140 e. The van der Waals surface area contributed by atoms with E-state index in [9.17, 15) is 0 Å². The lowest BCUT2D eigenvalue weighted by molar-refractivity contribution is 0.712. The van der Waals surface area contributed by atoms with Gasteiger partial charge in [-0.1, -0.05) is 0 Å². The van der Waals surface area contributed by atoms with Crippen LogP contribution in [0.3, 0.4) is 0 Å². The van der Waals surface area contributed by atoms with Crippen LogP contribution in [0.4, 0.5) is 0 Å². The van der Waals surface area contributed by atoms with Gasteiger partial charge in [-0.05, 0) is 31.9 Å². The SMILES string of the molecule is Cc1nc(-c2ccc[nH]2)sc1C1(CN)CC1. The number of nitrogens with zero attached hydrogens (tertiary/aromatic N) is 1. The number of rotatable bonds is 3. The molecule has 1 aliphatic rings. The third-order valence-corrected chi connectivity index (χ3v) is 4.79. The number of nitrogens with one attached hydrogen (secondary N) is 1. The lowest BCUT2D eigenvalue weighted by Crippen LogP contribution is -2.19. The highest BCUT2D eigenvalue weighted by atomic mass is 32.1. The molecule has 0 spiro atoms. The zero-order valence-corrected chi connectivity index (χ0v) is 10.1. The second-order valence-corrected chi connectivity index (χ2v) is 5.50. The van der Waals surface area contributed by atoms with Gasteiger partial charge in [0.2, 0.25) is 0 Å². The molecule has 0 bridgehead atoms. The maximum absolute atomic E-state index is 5.87. The summed E-state index contributed by atoms with van der Waals surface area (Å²) in [6, 6.07) is 4.06. The van der Waals surface area contributed by atoms with Crippen molar-refractivity contribution in [2.45, 2.75) is 25.2 Å². The van der Waals surface area contributed by atoms with Crippen LogP contribution in [0, 0.1) is 6.92 Å². The molecule has 2 aromatic heterocycles. The van der Waals surface area contributed by atoms with Gasteiger partial charge in [-0.3, -0.25) is 0 Å². The molecule has 16 heavy (non-hydrogen) atoms. The molecule has 1 saturated carbocycles. The second-order valence-electron chi connectivity index (χ2n) is 4.50. The Bertz CT molecular complexity index is 494. The first-order valence-electron chi connectivity index (χ1n) is 5.57. The van der Waals surface area contributed by atoms with E-state index in [1.807, 2.05) is 12.3 Å². The van der Waals surface area contributed by atoms with Gasteiger partial charge in [0.1, 0.15) is 5.01 Å². The van der Waals surface area contributed by atoms with Crippen LogP contribution < -0.4 is 5.73 Å². The molecular weight excluding hydrogens is 218 g/mol. The minimum Gasteiger partial charge on any atom is -0.359 e. The number of aromatic amines is 1. The zero-order valence-electron chi connectivity index (χ0n) is 9.29. The average Bonchev–Trinajstić information content (AvgIpc) is 2.74. The highest BCUT2D eigenvalue weighted by molar-refractivity contribution is 7.15. The molecule has 0 amide bonds. The lowest BCUT2D eigenvalue weighted by Gasteiger charge is -2.09. The van der Waals surface area contributed by atoms with Gasteiger partial charge in [0, 0.05) is 23.0 Å². The van der Waals surface area contributed by atoms with Gasteiger partial charge in [-0.25, -0.2) is 4.98 Å². The third-order valence-electron chi connectivity index (χ3n) is 3.35. The maximum atomic E-state index is 5.87. The Morgan fingerprint density at radius 3 is 2.94 bits per heavy atom. The van der Waals surface area contributed by atoms with E-state index in [1.54, 1.807) is 11.3 Å². The normalized spacial score (nSPS) is 17.6. The first kappa shape index (κ1) is 10.1. The molecule has 84 valence electrons. The fourth-order valence-electron chi connectivity index (χ4n) is 2.14. The van der Waals surface area contributed by atoms with Crippen molar-refractivity contribution in [3.05, 3.63) is 28.9 Å². The molecule has 0 unspecified atom stereocenters. The van der Waals surface area contributed by atoms with Crippen LogP contribution in [-0.2, 0) is 5.41 Å². The molecule has 2 heterocycles. The second kappa shape index (κ2) is 3.43. The zero-order chi connectivity index (χ0) is 11.2. The Morgan fingerprint density at radius 1 is 1.56 bits per heavy atom. The minimum atomic E-state index is 0.257. The molecule has 0 aliphatic heterocycles. The van der Waals surface area contributed by atoms with Gasteiger partial charge < -0.3 is 10.7 Å². The standard InChI is InChI=1S/C12H15N3S/c1-8-10(12(7-13)4-5-12)16-11(15-8)9-3-2-6-14-9/h2-3,6,14H,4-5,7,13H2,1H3. The minimum absolute atomic E-state index is 0.257. The van der Waals surface area contributed by atoms with Crippen LogP contribution in [0.15, 0.2) is 18.3 Å². The molecule has 1 aliphatic carbocycles. The summed E-state index contributed by atoms with van der Waals surface area (Å²) in [6.07, 6.45) is 4.37. The van der Waals surface area contributed by atoms with Crippen molar-refractivity contribution in [2.75, 3.05) is 6.54 Å². The lowest BCUT2D eigenvalue weighted by atomic mass is 10.0. The van der Waals surface area contributed by atoms with Gasteiger partial charge in [-0.2, -0.15) is 0 Å². The van der Waals surface area contributed by atoms with E-state index in [4.69, 9.17) is 5.73 Å². The van der Waals surface area contributed by atoms with E-state index in [0.29, 0.717) is 0 Å².